The molecule has 0 spiro atoms. The second kappa shape index (κ2) is 20.3. The van der Waals surface area contributed by atoms with E-state index in [0.717, 1.165) is 50.4 Å². The number of carbonyl (C=O) groups excluding carboxylic acids is 2. The smallest absolute Gasteiger partial charge is 0.408 e. The first-order valence-corrected chi connectivity index (χ1v) is 17.4. The van der Waals surface area contributed by atoms with Crippen molar-refractivity contribution in [1.29, 1.82) is 0 Å². The standard InChI is InChI=1S/C39H56N4O6/c1-8-42(9-2)23-25-46-33-21-22-34(36(28-33)47-26-24-43(10-3)11-4)40-37(44)35(41-38(45)49-39(5,6)7)27-30-17-19-32(20-18-30)48-29-31-15-13-12-14-16-31/h12-22,28,35H,8-11,23-27,29H2,1-7H3,(H,40,44)(H,41,45)/t35-/m1/s1. The molecular weight excluding hydrogens is 620 g/mol. The van der Waals surface area contributed by atoms with Gasteiger partial charge in [-0.3, -0.25) is 4.79 Å². The molecule has 10 heteroatoms. The van der Waals surface area contributed by atoms with Crippen LogP contribution >= 0.6 is 0 Å². The highest BCUT2D eigenvalue weighted by atomic mass is 16.6. The molecule has 10 nitrogen and oxygen atoms in total. The number of rotatable bonds is 20. The van der Waals surface area contributed by atoms with Crippen molar-refractivity contribution in [2.45, 2.75) is 73.1 Å². The largest absolute Gasteiger partial charge is 0.492 e. The number of hydrogen-bond donors (Lipinski definition) is 2. The topological polar surface area (TPSA) is 102 Å². The summed E-state index contributed by atoms with van der Waals surface area (Å²) in [6.07, 6.45) is -0.447. The molecule has 2 amide bonds. The number of hydrogen-bond acceptors (Lipinski definition) is 8. The van der Waals surface area contributed by atoms with Crippen molar-refractivity contribution in [2.75, 3.05) is 57.8 Å². The van der Waals surface area contributed by atoms with Gasteiger partial charge in [0.25, 0.3) is 0 Å². The van der Waals surface area contributed by atoms with E-state index in [1.807, 2.05) is 66.7 Å². The van der Waals surface area contributed by atoms with Gasteiger partial charge in [0.15, 0.2) is 0 Å². The van der Waals surface area contributed by atoms with Gasteiger partial charge in [0.2, 0.25) is 5.91 Å². The summed E-state index contributed by atoms with van der Waals surface area (Å²) in [7, 11) is 0. The van der Waals surface area contributed by atoms with E-state index in [-0.39, 0.29) is 6.42 Å². The molecule has 0 bridgehead atoms. The molecule has 3 rings (SSSR count). The summed E-state index contributed by atoms with van der Waals surface area (Å²) in [5.74, 6) is 1.46. The molecule has 0 aliphatic rings. The van der Waals surface area contributed by atoms with E-state index in [2.05, 4.69) is 48.1 Å². The summed E-state index contributed by atoms with van der Waals surface area (Å²) in [6, 6.07) is 21.9. The molecule has 268 valence electrons. The minimum absolute atomic E-state index is 0.231. The maximum atomic E-state index is 13.9. The first-order chi connectivity index (χ1) is 23.5. The van der Waals surface area contributed by atoms with Crippen LogP contribution in [0.25, 0.3) is 0 Å². The first kappa shape index (κ1) is 39.2. The minimum atomic E-state index is -0.931. The van der Waals surface area contributed by atoms with Gasteiger partial charge >= 0.3 is 6.09 Å². The number of alkyl carbamates (subject to hydrolysis) is 1. The molecule has 0 saturated heterocycles. The number of nitrogens with zero attached hydrogens (tertiary/aromatic N) is 2. The van der Waals surface area contributed by atoms with E-state index in [4.69, 9.17) is 18.9 Å². The molecule has 0 fully saturated rings. The van der Waals surface area contributed by atoms with Crippen molar-refractivity contribution in [2.24, 2.45) is 0 Å². The van der Waals surface area contributed by atoms with Crippen LogP contribution in [0.2, 0.25) is 0 Å². The van der Waals surface area contributed by atoms with Gasteiger partial charge in [0.1, 0.15) is 48.7 Å². The third kappa shape index (κ3) is 14.4. The molecule has 0 radical (unpaired) electrons. The maximum absolute atomic E-state index is 13.9. The number of amides is 2. The molecule has 1 atom stereocenters. The van der Waals surface area contributed by atoms with Crippen molar-refractivity contribution >= 4 is 17.7 Å². The highest BCUT2D eigenvalue weighted by Crippen LogP contribution is 2.30. The number of benzene rings is 3. The normalized spacial score (nSPS) is 12.0. The van der Waals surface area contributed by atoms with Crippen LogP contribution in [0, 0.1) is 0 Å². The Balaban J connectivity index is 1.78. The van der Waals surface area contributed by atoms with Crippen LogP contribution in [0.15, 0.2) is 72.8 Å². The lowest BCUT2D eigenvalue weighted by Gasteiger charge is -2.24. The maximum Gasteiger partial charge on any atom is 0.408 e. The van der Waals surface area contributed by atoms with Crippen LogP contribution < -0.4 is 24.8 Å². The molecule has 3 aromatic rings. The second-order valence-corrected chi connectivity index (χ2v) is 12.7. The van der Waals surface area contributed by atoms with Gasteiger partial charge < -0.3 is 39.4 Å². The van der Waals surface area contributed by atoms with Crippen molar-refractivity contribution in [3.8, 4) is 17.2 Å². The summed E-state index contributed by atoms with van der Waals surface area (Å²) in [5.41, 5.74) is 1.67. The number of carbonyl (C=O) groups is 2. The van der Waals surface area contributed by atoms with Crippen molar-refractivity contribution in [3.63, 3.8) is 0 Å². The predicted octanol–water partition coefficient (Wildman–Crippen LogP) is 6.78. The highest BCUT2D eigenvalue weighted by Gasteiger charge is 2.26. The lowest BCUT2D eigenvalue weighted by molar-refractivity contribution is -0.118. The summed E-state index contributed by atoms with van der Waals surface area (Å²) < 4.78 is 23.7. The number of likely N-dealkylation sites (N-methyl/N-ethyl adjacent to an activating group) is 2. The molecule has 2 N–H and O–H groups in total. The minimum Gasteiger partial charge on any atom is -0.492 e. The van der Waals surface area contributed by atoms with Crippen LogP contribution in [0.4, 0.5) is 10.5 Å². The molecule has 0 aliphatic carbocycles. The average Bonchev–Trinajstić information content (AvgIpc) is 3.08. The SMILES string of the molecule is CCN(CC)CCOc1ccc(NC(=O)[C@@H](Cc2ccc(OCc3ccccc3)cc2)NC(=O)OC(C)(C)C)c(OCCN(CC)CC)c1. The van der Waals surface area contributed by atoms with E-state index >= 15 is 0 Å². The lowest BCUT2D eigenvalue weighted by atomic mass is 10.0. The van der Waals surface area contributed by atoms with Crippen LogP contribution in [0.3, 0.4) is 0 Å². The molecule has 0 heterocycles. The first-order valence-electron chi connectivity index (χ1n) is 17.4. The van der Waals surface area contributed by atoms with E-state index in [1.54, 1.807) is 26.8 Å². The monoisotopic (exact) mass is 676 g/mol. The lowest BCUT2D eigenvalue weighted by Crippen LogP contribution is -2.47. The zero-order valence-electron chi connectivity index (χ0n) is 30.4. The fourth-order valence-corrected chi connectivity index (χ4v) is 5.05. The summed E-state index contributed by atoms with van der Waals surface area (Å²) >= 11 is 0. The fraction of sp³-hybridized carbons (Fsp3) is 0.487. The Kier molecular flexibility index (Phi) is 16.2. The van der Waals surface area contributed by atoms with Gasteiger partial charge in [-0.2, -0.15) is 0 Å². The van der Waals surface area contributed by atoms with Crippen molar-refractivity contribution in [1.82, 2.24) is 15.1 Å². The molecule has 0 aliphatic heterocycles. The van der Waals surface area contributed by atoms with Gasteiger partial charge in [-0.1, -0.05) is 70.2 Å². The van der Waals surface area contributed by atoms with Gasteiger partial charge in [-0.15, -0.1) is 0 Å². The number of ether oxygens (including phenoxy) is 4. The Morgan fingerprint density at radius 3 is 1.90 bits per heavy atom. The van der Waals surface area contributed by atoms with E-state index in [9.17, 15) is 9.59 Å². The van der Waals surface area contributed by atoms with Crippen molar-refractivity contribution < 1.29 is 28.5 Å². The van der Waals surface area contributed by atoms with Crippen LogP contribution in [-0.2, 0) is 22.6 Å². The molecule has 3 aromatic carbocycles. The van der Waals surface area contributed by atoms with Gasteiger partial charge in [0.05, 0.1) is 5.69 Å². The average molecular weight is 677 g/mol. The molecule has 49 heavy (non-hydrogen) atoms. The van der Waals surface area contributed by atoms with Gasteiger partial charge in [0, 0.05) is 25.6 Å². The van der Waals surface area contributed by atoms with Crippen LogP contribution in [0.1, 0.15) is 59.6 Å². The summed E-state index contributed by atoms with van der Waals surface area (Å²) in [4.78, 5) is 31.3. The summed E-state index contributed by atoms with van der Waals surface area (Å²) in [6.45, 7) is 20.5. The Morgan fingerprint density at radius 1 is 0.714 bits per heavy atom. The van der Waals surface area contributed by atoms with E-state index < -0.39 is 23.6 Å². The highest BCUT2D eigenvalue weighted by molar-refractivity contribution is 5.98. The Hall–Kier alpha value is -4.28. The zero-order valence-corrected chi connectivity index (χ0v) is 30.4. The van der Waals surface area contributed by atoms with E-state index in [0.29, 0.717) is 42.8 Å². The quantitative estimate of drug-likeness (QED) is 0.135. The molecule has 0 saturated carbocycles. The van der Waals surface area contributed by atoms with Gasteiger partial charge in [-0.05, 0) is 82.3 Å². The molecule has 0 aromatic heterocycles. The van der Waals surface area contributed by atoms with Crippen LogP contribution in [-0.4, -0.2) is 85.9 Å². The molecule has 0 unspecified atom stereocenters. The third-order valence-corrected chi connectivity index (χ3v) is 7.96. The Bertz CT molecular complexity index is 1400. The zero-order chi connectivity index (χ0) is 35.6. The van der Waals surface area contributed by atoms with Crippen LogP contribution in [0.5, 0.6) is 17.2 Å². The fourth-order valence-electron chi connectivity index (χ4n) is 5.05. The molecular formula is C39H56N4O6. The summed E-state index contributed by atoms with van der Waals surface area (Å²) in [5, 5.41) is 5.77. The van der Waals surface area contributed by atoms with Gasteiger partial charge in [-0.25, -0.2) is 4.79 Å². The van der Waals surface area contributed by atoms with E-state index in [1.165, 1.54) is 0 Å². The number of nitrogens with one attached hydrogen (secondary N) is 2. The number of anilines is 1. The Morgan fingerprint density at radius 2 is 1.31 bits per heavy atom. The predicted molar refractivity (Wildman–Crippen MR) is 196 cm³/mol. The third-order valence-electron chi connectivity index (χ3n) is 7.96. The van der Waals surface area contributed by atoms with Crippen molar-refractivity contribution in [3.05, 3.63) is 83.9 Å². The Labute approximate surface area is 293 Å². The second-order valence-electron chi connectivity index (χ2n) is 12.7.